The van der Waals surface area contributed by atoms with E-state index in [-0.39, 0.29) is 0 Å². The summed E-state index contributed by atoms with van der Waals surface area (Å²) in [7, 11) is 0. The summed E-state index contributed by atoms with van der Waals surface area (Å²) in [5.41, 5.74) is 1.45. The summed E-state index contributed by atoms with van der Waals surface area (Å²) in [4.78, 5) is 2.45. The van der Waals surface area contributed by atoms with Crippen LogP contribution in [-0.4, -0.2) is 12.5 Å². The summed E-state index contributed by atoms with van der Waals surface area (Å²) in [6, 6.07) is 6.66. The molecule has 0 heterocycles. The zero-order valence-electron chi connectivity index (χ0n) is 7.05. The van der Waals surface area contributed by atoms with E-state index in [1.165, 1.54) is 0 Å². The topological polar surface area (TPSA) is 12.4 Å². The van der Waals surface area contributed by atoms with Crippen molar-refractivity contribution in [2.24, 2.45) is 4.99 Å². The van der Waals surface area contributed by atoms with Crippen LogP contribution < -0.4 is 0 Å². The monoisotopic (exact) mass is 265 g/mol. The molecule has 0 unspecified atom stereocenters. The zero-order chi connectivity index (χ0) is 10.6. The molecule has 0 aromatic heterocycles. The highest BCUT2D eigenvalue weighted by atomic mass is 79.9. The van der Waals surface area contributed by atoms with Gasteiger partial charge in [-0.1, -0.05) is 40.2 Å². The second-order valence-corrected chi connectivity index (χ2v) is 3.16. The number of hydrogen-bond acceptors (Lipinski definition) is 1. The third-order valence-corrected chi connectivity index (χ3v) is 2.14. The standard InChI is InChI=1S/C9H7BrF3N/c10-5-7-1-3-8(4-2-7)6-14-9(11,12)13/h1-4,6H,5H2/b14-6-. The first-order chi connectivity index (χ1) is 6.51. The van der Waals surface area contributed by atoms with Crippen molar-refractivity contribution < 1.29 is 13.2 Å². The Morgan fingerprint density at radius 1 is 1.21 bits per heavy atom. The van der Waals surface area contributed by atoms with Gasteiger partial charge < -0.3 is 0 Å². The average molecular weight is 266 g/mol. The molecule has 0 radical (unpaired) electrons. The minimum atomic E-state index is -4.49. The minimum Gasteiger partial charge on any atom is -0.192 e. The van der Waals surface area contributed by atoms with Gasteiger partial charge in [-0.15, -0.1) is 13.2 Å². The van der Waals surface area contributed by atoms with E-state index in [2.05, 4.69) is 20.9 Å². The van der Waals surface area contributed by atoms with Crippen LogP contribution in [0.3, 0.4) is 0 Å². The Morgan fingerprint density at radius 3 is 2.21 bits per heavy atom. The molecular weight excluding hydrogens is 259 g/mol. The third-order valence-electron chi connectivity index (χ3n) is 1.49. The number of halogens is 4. The van der Waals surface area contributed by atoms with Crippen molar-refractivity contribution in [2.45, 2.75) is 11.6 Å². The van der Waals surface area contributed by atoms with Crippen LogP contribution in [0, 0.1) is 0 Å². The van der Waals surface area contributed by atoms with E-state index >= 15 is 0 Å². The van der Waals surface area contributed by atoms with Gasteiger partial charge in [-0.25, -0.2) is 0 Å². The van der Waals surface area contributed by atoms with Crippen molar-refractivity contribution in [3.05, 3.63) is 35.4 Å². The summed E-state index contributed by atoms with van der Waals surface area (Å²) in [5.74, 6) is 0. The average Bonchev–Trinajstić information content (AvgIpc) is 2.14. The first kappa shape index (κ1) is 11.2. The molecule has 14 heavy (non-hydrogen) atoms. The Balaban J connectivity index is 2.74. The Labute approximate surface area is 87.8 Å². The van der Waals surface area contributed by atoms with Crippen molar-refractivity contribution in [1.82, 2.24) is 0 Å². The second kappa shape index (κ2) is 4.59. The van der Waals surface area contributed by atoms with Gasteiger partial charge in [0.2, 0.25) is 0 Å². The van der Waals surface area contributed by atoms with Crippen LogP contribution in [0.1, 0.15) is 11.1 Å². The molecule has 0 aliphatic rings. The molecule has 0 bridgehead atoms. The van der Waals surface area contributed by atoms with Gasteiger partial charge in [0.05, 0.1) is 0 Å². The lowest BCUT2D eigenvalue weighted by Gasteiger charge is -1.98. The lowest BCUT2D eigenvalue weighted by Crippen LogP contribution is -2.02. The molecule has 0 fully saturated rings. The number of benzene rings is 1. The second-order valence-electron chi connectivity index (χ2n) is 2.60. The molecule has 0 N–H and O–H groups in total. The van der Waals surface area contributed by atoms with Gasteiger partial charge in [-0.2, -0.15) is 4.99 Å². The molecule has 1 nitrogen and oxygen atoms in total. The molecule has 5 heteroatoms. The van der Waals surface area contributed by atoms with E-state index in [4.69, 9.17) is 0 Å². The molecule has 1 aromatic rings. The van der Waals surface area contributed by atoms with Gasteiger partial charge in [0.1, 0.15) is 0 Å². The van der Waals surface area contributed by atoms with E-state index in [0.29, 0.717) is 10.9 Å². The molecule has 1 rings (SSSR count). The van der Waals surface area contributed by atoms with Crippen LogP contribution in [0.4, 0.5) is 13.2 Å². The Bertz CT molecular complexity index is 316. The molecule has 0 amide bonds. The van der Waals surface area contributed by atoms with Crippen molar-refractivity contribution in [3.63, 3.8) is 0 Å². The molecule has 76 valence electrons. The molecule has 0 atom stereocenters. The molecule has 1 aromatic carbocycles. The Kier molecular flexibility index (Phi) is 3.69. The maximum absolute atomic E-state index is 11.7. The molecule has 0 saturated carbocycles. The van der Waals surface area contributed by atoms with E-state index in [9.17, 15) is 13.2 Å². The number of nitrogens with zero attached hydrogens (tertiary/aromatic N) is 1. The molecular formula is C9H7BrF3N. The first-order valence-electron chi connectivity index (χ1n) is 3.78. The summed E-state index contributed by atoms with van der Waals surface area (Å²) < 4.78 is 35.0. The molecule has 0 aliphatic heterocycles. The smallest absolute Gasteiger partial charge is 0.192 e. The number of aliphatic imine (C=N–C) groups is 1. The van der Waals surface area contributed by atoms with E-state index in [1.807, 2.05) is 0 Å². The van der Waals surface area contributed by atoms with Crippen LogP contribution in [0.15, 0.2) is 29.3 Å². The zero-order valence-corrected chi connectivity index (χ0v) is 8.64. The maximum Gasteiger partial charge on any atom is 0.503 e. The van der Waals surface area contributed by atoms with Gasteiger partial charge >= 0.3 is 6.30 Å². The summed E-state index contributed by atoms with van der Waals surface area (Å²) in [5, 5.41) is 0.684. The van der Waals surface area contributed by atoms with Crippen molar-refractivity contribution in [2.75, 3.05) is 0 Å². The highest BCUT2D eigenvalue weighted by Gasteiger charge is 2.24. The van der Waals surface area contributed by atoms with E-state index in [1.54, 1.807) is 24.3 Å². The van der Waals surface area contributed by atoms with Gasteiger partial charge in [-0.05, 0) is 11.1 Å². The highest BCUT2D eigenvalue weighted by Crippen LogP contribution is 2.16. The molecule has 0 saturated heterocycles. The SMILES string of the molecule is FC(F)(F)/N=C\c1ccc(CBr)cc1. The van der Waals surface area contributed by atoms with Crippen LogP contribution in [-0.2, 0) is 5.33 Å². The minimum absolute atomic E-state index is 0.437. The molecule has 0 aliphatic carbocycles. The summed E-state index contributed by atoms with van der Waals surface area (Å²) in [6.45, 7) is 0. The quantitative estimate of drug-likeness (QED) is 0.441. The number of alkyl halides is 4. The number of hydrogen-bond donors (Lipinski definition) is 0. The van der Waals surface area contributed by atoms with Gasteiger partial charge in [0, 0.05) is 11.5 Å². The number of rotatable bonds is 2. The lowest BCUT2D eigenvalue weighted by atomic mass is 10.2. The maximum atomic E-state index is 11.7. The highest BCUT2D eigenvalue weighted by molar-refractivity contribution is 9.08. The van der Waals surface area contributed by atoms with E-state index in [0.717, 1.165) is 11.8 Å². The van der Waals surface area contributed by atoms with Crippen molar-refractivity contribution in [1.29, 1.82) is 0 Å². The predicted octanol–water partition coefficient (Wildman–Crippen LogP) is 3.52. The fraction of sp³-hybridized carbons (Fsp3) is 0.222. The van der Waals surface area contributed by atoms with Crippen LogP contribution >= 0.6 is 15.9 Å². The first-order valence-corrected chi connectivity index (χ1v) is 4.90. The van der Waals surface area contributed by atoms with Crippen molar-refractivity contribution in [3.8, 4) is 0 Å². The summed E-state index contributed by atoms with van der Waals surface area (Å²) in [6.07, 6.45) is -3.69. The van der Waals surface area contributed by atoms with Crippen LogP contribution in [0.25, 0.3) is 0 Å². The largest absolute Gasteiger partial charge is 0.503 e. The summed E-state index contributed by atoms with van der Waals surface area (Å²) >= 11 is 3.24. The van der Waals surface area contributed by atoms with Crippen LogP contribution in [0.5, 0.6) is 0 Å². The Hall–Kier alpha value is -0.840. The van der Waals surface area contributed by atoms with Crippen molar-refractivity contribution >= 4 is 22.1 Å². The van der Waals surface area contributed by atoms with Gasteiger partial charge in [-0.3, -0.25) is 0 Å². The predicted molar refractivity (Wildman–Crippen MR) is 52.7 cm³/mol. The fourth-order valence-corrected chi connectivity index (χ4v) is 1.21. The van der Waals surface area contributed by atoms with Gasteiger partial charge in [0.15, 0.2) is 0 Å². The van der Waals surface area contributed by atoms with E-state index < -0.39 is 6.30 Å². The molecule has 0 spiro atoms. The fourth-order valence-electron chi connectivity index (χ4n) is 0.841. The normalized spacial score (nSPS) is 12.3. The lowest BCUT2D eigenvalue weighted by molar-refractivity contribution is -0.119. The van der Waals surface area contributed by atoms with Crippen LogP contribution in [0.2, 0.25) is 0 Å². The third kappa shape index (κ3) is 3.91. The van der Waals surface area contributed by atoms with Gasteiger partial charge in [0.25, 0.3) is 0 Å². The Morgan fingerprint density at radius 2 is 1.79 bits per heavy atom.